The molecule has 12 heavy (non-hydrogen) atoms. The number of ether oxygens (including phenoxy) is 1. The third-order valence-electron chi connectivity index (χ3n) is 2.45. The number of carbonyl (C=O) groups excluding carboxylic acids is 1. The fourth-order valence-corrected chi connectivity index (χ4v) is 1.36. The first-order valence-electron chi connectivity index (χ1n) is 4.24. The molecular weight excluding hydrogens is 156 g/mol. The highest BCUT2D eigenvalue weighted by Gasteiger charge is 2.30. The van der Waals surface area contributed by atoms with Gasteiger partial charge >= 0.3 is 0 Å². The SMILES string of the molecule is CC1OCC(NCC(N)=O)C1C. The second-order valence-corrected chi connectivity index (χ2v) is 3.35. The highest BCUT2D eigenvalue weighted by molar-refractivity contribution is 5.75. The monoisotopic (exact) mass is 172 g/mol. The molecule has 0 aromatic heterocycles. The molecule has 1 rings (SSSR count). The van der Waals surface area contributed by atoms with Crippen molar-refractivity contribution in [2.45, 2.75) is 26.0 Å². The Bertz CT molecular complexity index is 172. The standard InChI is InChI=1S/C8H16N2O2/c1-5-6(2)12-4-7(5)10-3-8(9)11/h5-7,10H,3-4H2,1-2H3,(H2,9,11). The Hall–Kier alpha value is -0.610. The Morgan fingerprint density at radius 2 is 2.33 bits per heavy atom. The Kier molecular flexibility index (Phi) is 3.05. The van der Waals surface area contributed by atoms with Crippen LogP contribution in [0.25, 0.3) is 0 Å². The van der Waals surface area contributed by atoms with Crippen LogP contribution in [-0.2, 0) is 9.53 Å². The molecule has 0 aromatic carbocycles. The molecule has 4 nitrogen and oxygen atoms in total. The van der Waals surface area contributed by atoms with E-state index in [2.05, 4.69) is 12.2 Å². The zero-order valence-corrected chi connectivity index (χ0v) is 7.54. The second kappa shape index (κ2) is 3.87. The largest absolute Gasteiger partial charge is 0.377 e. The lowest BCUT2D eigenvalue weighted by Crippen LogP contribution is -2.40. The number of rotatable bonds is 3. The molecule has 0 radical (unpaired) electrons. The van der Waals surface area contributed by atoms with Crippen LogP contribution in [-0.4, -0.2) is 31.2 Å². The van der Waals surface area contributed by atoms with E-state index in [1.54, 1.807) is 0 Å². The number of hydrogen-bond donors (Lipinski definition) is 2. The second-order valence-electron chi connectivity index (χ2n) is 3.35. The van der Waals surface area contributed by atoms with Gasteiger partial charge in [0.15, 0.2) is 0 Å². The Morgan fingerprint density at radius 1 is 1.67 bits per heavy atom. The van der Waals surface area contributed by atoms with Gasteiger partial charge in [-0.15, -0.1) is 0 Å². The minimum Gasteiger partial charge on any atom is -0.377 e. The predicted molar refractivity (Wildman–Crippen MR) is 45.6 cm³/mol. The van der Waals surface area contributed by atoms with E-state index >= 15 is 0 Å². The number of hydrogen-bond acceptors (Lipinski definition) is 3. The third-order valence-corrected chi connectivity index (χ3v) is 2.45. The fourth-order valence-electron chi connectivity index (χ4n) is 1.36. The van der Waals surface area contributed by atoms with Crippen molar-refractivity contribution in [1.29, 1.82) is 0 Å². The highest BCUT2D eigenvalue weighted by Crippen LogP contribution is 2.19. The van der Waals surface area contributed by atoms with E-state index in [0.717, 1.165) is 0 Å². The van der Waals surface area contributed by atoms with E-state index in [9.17, 15) is 4.79 Å². The molecule has 1 saturated heterocycles. The smallest absolute Gasteiger partial charge is 0.231 e. The van der Waals surface area contributed by atoms with Crippen molar-refractivity contribution < 1.29 is 9.53 Å². The average molecular weight is 172 g/mol. The van der Waals surface area contributed by atoms with Crippen molar-refractivity contribution >= 4 is 5.91 Å². The van der Waals surface area contributed by atoms with Gasteiger partial charge < -0.3 is 15.8 Å². The molecule has 3 N–H and O–H groups in total. The molecule has 70 valence electrons. The lowest BCUT2D eigenvalue weighted by atomic mass is 10.0. The highest BCUT2D eigenvalue weighted by atomic mass is 16.5. The van der Waals surface area contributed by atoms with Crippen molar-refractivity contribution in [2.24, 2.45) is 11.7 Å². The van der Waals surface area contributed by atoms with Gasteiger partial charge in [-0.2, -0.15) is 0 Å². The van der Waals surface area contributed by atoms with Gasteiger partial charge in [-0.3, -0.25) is 4.79 Å². The van der Waals surface area contributed by atoms with Crippen molar-refractivity contribution in [3.05, 3.63) is 0 Å². The molecule has 1 aliphatic heterocycles. The maximum atomic E-state index is 10.5. The Morgan fingerprint density at radius 3 is 2.75 bits per heavy atom. The van der Waals surface area contributed by atoms with Gasteiger partial charge in [-0.1, -0.05) is 6.92 Å². The van der Waals surface area contributed by atoms with Gasteiger partial charge in [0, 0.05) is 6.04 Å². The molecule has 1 heterocycles. The fraction of sp³-hybridized carbons (Fsp3) is 0.875. The van der Waals surface area contributed by atoms with E-state index in [4.69, 9.17) is 10.5 Å². The average Bonchev–Trinajstić information content (AvgIpc) is 2.30. The predicted octanol–water partition coefficient (Wildman–Crippen LogP) is -0.515. The molecule has 0 bridgehead atoms. The van der Waals surface area contributed by atoms with Gasteiger partial charge in [-0.25, -0.2) is 0 Å². The van der Waals surface area contributed by atoms with Crippen molar-refractivity contribution in [3.8, 4) is 0 Å². The minimum atomic E-state index is -0.318. The summed E-state index contributed by atoms with van der Waals surface area (Å²) in [5, 5.41) is 3.06. The van der Waals surface area contributed by atoms with Crippen LogP contribution in [0.5, 0.6) is 0 Å². The van der Waals surface area contributed by atoms with Crippen LogP contribution in [0.15, 0.2) is 0 Å². The van der Waals surface area contributed by atoms with Crippen LogP contribution in [0.3, 0.4) is 0 Å². The van der Waals surface area contributed by atoms with Crippen LogP contribution in [0.4, 0.5) is 0 Å². The lowest BCUT2D eigenvalue weighted by Gasteiger charge is -2.15. The van der Waals surface area contributed by atoms with Crippen LogP contribution >= 0.6 is 0 Å². The number of nitrogens with one attached hydrogen (secondary N) is 1. The topological polar surface area (TPSA) is 64.3 Å². The summed E-state index contributed by atoms with van der Waals surface area (Å²) >= 11 is 0. The number of carbonyl (C=O) groups is 1. The van der Waals surface area contributed by atoms with E-state index < -0.39 is 0 Å². The summed E-state index contributed by atoms with van der Waals surface area (Å²) < 4.78 is 5.40. The van der Waals surface area contributed by atoms with Crippen molar-refractivity contribution in [1.82, 2.24) is 5.32 Å². The third kappa shape index (κ3) is 2.19. The van der Waals surface area contributed by atoms with Gasteiger partial charge in [-0.05, 0) is 12.8 Å². The maximum Gasteiger partial charge on any atom is 0.231 e. The first-order valence-corrected chi connectivity index (χ1v) is 4.24. The first kappa shape index (κ1) is 9.48. The molecule has 3 unspecified atom stereocenters. The van der Waals surface area contributed by atoms with E-state index in [1.807, 2.05) is 6.92 Å². The summed E-state index contributed by atoms with van der Waals surface area (Å²) in [4.78, 5) is 10.5. The molecule has 0 saturated carbocycles. The normalized spacial score (nSPS) is 35.3. The first-order chi connectivity index (χ1) is 5.61. The van der Waals surface area contributed by atoms with Crippen molar-refractivity contribution in [2.75, 3.05) is 13.2 Å². The number of nitrogens with two attached hydrogens (primary N) is 1. The quantitative estimate of drug-likeness (QED) is 0.602. The van der Waals surface area contributed by atoms with Gasteiger partial charge in [0.05, 0.1) is 19.3 Å². The molecule has 4 heteroatoms. The van der Waals surface area contributed by atoms with Gasteiger partial charge in [0.1, 0.15) is 0 Å². The molecule has 0 aromatic rings. The van der Waals surface area contributed by atoms with Gasteiger partial charge in [0.25, 0.3) is 0 Å². The summed E-state index contributed by atoms with van der Waals surface area (Å²) in [6.45, 7) is 5.06. The lowest BCUT2D eigenvalue weighted by molar-refractivity contribution is -0.117. The van der Waals surface area contributed by atoms with Gasteiger partial charge in [0.2, 0.25) is 5.91 Å². The molecule has 1 amide bonds. The molecule has 3 atom stereocenters. The molecule has 1 aliphatic rings. The van der Waals surface area contributed by atoms with Crippen molar-refractivity contribution in [3.63, 3.8) is 0 Å². The summed E-state index contributed by atoms with van der Waals surface area (Å²) in [5.41, 5.74) is 5.01. The molecule has 0 spiro atoms. The van der Waals surface area contributed by atoms with E-state index in [0.29, 0.717) is 12.5 Å². The number of primary amides is 1. The Balaban J connectivity index is 2.29. The van der Waals surface area contributed by atoms with Crippen LogP contribution < -0.4 is 11.1 Å². The van der Waals surface area contributed by atoms with Crippen LogP contribution in [0.1, 0.15) is 13.8 Å². The number of amides is 1. The summed E-state index contributed by atoms with van der Waals surface area (Å²) in [6, 6.07) is 0.271. The van der Waals surface area contributed by atoms with Crippen LogP contribution in [0, 0.1) is 5.92 Å². The molecular formula is C8H16N2O2. The molecule has 1 fully saturated rings. The minimum absolute atomic E-state index is 0.241. The Labute approximate surface area is 72.5 Å². The summed E-state index contributed by atoms with van der Waals surface area (Å²) in [6.07, 6.45) is 0.273. The van der Waals surface area contributed by atoms with Crippen LogP contribution in [0.2, 0.25) is 0 Å². The summed E-state index contributed by atoms with van der Waals surface area (Å²) in [7, 11) is 0. The zero-order chi connectivity index (χ0) is 9.14. The summed E-state index contributed by atoms with van der Waals surface area (Å²) in [5.74, 6) is 0.131. The molecule has 0 aliphatic carbocycles. The zero-order valence-electron chi connectivity index (χ0n) is 7.54. The maximum absolute atomic E-state index is 10.5. The van der Waals surface area contributed by atoms with E-state index in [-0.39, 0.29) is 24.6 Å². The van der Waals surface area contributed by atoms with E-state index in [1.165, 1.54) is 0 Å².